The molecule has 120 valence electrons. The largest absolute Gasteiger partial charge is 0.444 e. The molecule has 1 rings (SSSR count). The van der Waals surface area contributed by atoms with Gasteiger partial charge in [-0.25, -0.2) is 4.79 Å². The summed E-state index contributed by atoms with van der Waals surface area (Å²) in [6.07, 6.45) is 1.28. The third-order valence-electron chi connectivity index (χ3n) is 2.80. The number of nitrogens with two attached hydrogens (primary N) is 1. The molecule has 1 aliphatic heterocycles. The Balaban J connectivity index is 2.35. The van der Waals surface area contributed by atoms with Gasteiger partial charge in [-0.2, -0.15) is 0 Å². The Morgan fingerprint density at radius 2 is 1.95 bits per heavy atom. The lowest BCUT2D eigenvalue weighted by Crippen LogP contribution is -2.50. The first kappa shape index (κ1) is 18.4. The molecule has 1 fully saturated rings. The minimum Gasteiger partial charge on any atom is -0.444 e. The van der Waals surface area contributed by atoms with Gasteiger partial charge >= 0.3 is 6.09 Å². The molecule has 0 spiro atoms. The molecule has 0 aromatic heterocycles. The molecule has 0 unspecified atom stereocenters. The average Bonchev–Trinajstić information content (AvgIpc) is 2.37. The van der Waals surface area contributed by atoms with E-state index in [1.165, 1.54) is 18.0 Å². The number of halogens is 1. The molecule has 1 saturated heterocycles. The number of hydrogen-bond acceptors (Lipinski definition) is 5. The minimum absolute atomic E-state index is 0.232. The highest BCUT2D eigenvalue weighted by Crippen LogP contribution is 2.28. The molecule has 1 aliphatic rings. The van der Waals surface area contributed by atoms with Crippen LogP contribution in [0.2, 0.25) is 0 Å². The maximum Gasteiger partial charge on any atom is 0.410 e. The third-order valence-corrected chi connectivity index (χ3v) is 4.30. The molecule has 0 bridgehead atoms. The summed E-state index contributed by atoms with van der Waals surface area (Å²) in [7, 11) is 0. The summed E-state index contributed by atoms with van der Waals surface area (Å²) in [5, 5.41) is 0. The second-order valence-corrected chi connectivity index (χ2v) is 8.46. The monoisotopic (exact) mass is 377 g/mol. The topological polar surface area (TPSA) is 58.8 Å². The standard InChI is InChI=1S/C14H24BrN3O2S/c1-11(21-12(15)9-16)10-17-5-7-18(8-6-17)13(19)20-14(2,3)4/h9H,1,5-8,10,16H2,2-4H3/b12-9-. The Kier molecular flexibility index (Phi) is 7.09. The van der Waals surface area contributed by atoms with Crippen molar-refractivity contribution >= 4 is 33.8 Å². The van der Waals surface area contributed by atoms with Crippen LogP contribution >= 0.6 is 27.7 Å². The van der Waals surface area contributed by atoms with E-state index in [1.807, 2.05) is 20.8 Å². The predicted octanol–water partition coefficient (Wildman–Crippen LogP) is 2.94. The fraction of sp³-hybridized carbons (Fsp3) is 0.643. The second-order valence-electron chi connectivity index (χ2n) is 5.86. The van der Waals surface area contributed by atoms with Crippen LogP contribution in [0.3, 0.4) is 0 Å². The van der Waals surface area contributed by atoms with Crippen molar-refractivity contribution in [1.82, 2.24) is 9.80 Å². The van der Waals surface area contributed by atoms with Gasteiger partial charge in [-0.3, -0.25) is 4.90 Å². The number of hydrogen-bond donors (Lipinski definition) is 1. The number of amides is 1. The molecule has 0 atom stereocenters. The van der Waals surface area contributed by atoms with Crippen LogP contribution in [0.4, 0.5) is 4.79 Å². The van der Waals surface area contributed by atoms with Crippen LogP contribution in [-0.4, -0.2) is 54.2 Å². The van der Waals surface area contributed by atoms with E-state index in [4.69, 9.17) is 10.5 Å². The van der Waals surface area contributed by atoms with Crippen LogP contribution in [0.1, 0.15) is 20.8 Å². The smallest absolute Gasteiger partial charge is 0.410 e. The van der Waals surface area contributed by atoms with Gasteiger partial charge in [0.1, 0.15) is 5.60 Å². The Hall–Kier alpha value is -0.660. The van der Waals surface area contributed by atoms with Crippen LogP contribution in [0, 0.1) is 0 Å². The van der Waals surface area contributed by atoms with Gasteiger partial charge in [0, 0.05) is 38.9 Å². The second kappa shape index (κ2) is 8.10. The molecule has 0 aliphatic carbocycles. The summed E-state index contributed by atoms with van der Waals surface area (Å²) in [4.78, 5) is 17.0. The van der Waals surface area contributed by atoms with Crippen molar-refractivity contribution in [3.05, 3.63) is 21.5 Å². The molecule has 0 aromatic carbocycles. The van der Waals surface area contributed by atoms with Gasteiger partial charge < -0.3 is 15.4 Å². The molecule has 7 heteroatoms. The molecule has 1 heterocycles. The van der Waals surface area contributed by atoms with Gasteiger partial charge in [-0.15, -0.1) is 0 Å². The summed E-state index contributed by atoms with van der Waals surface area (Å²) in [5.41, 5.74) is 4.97. The van der Waals surface area contributed by atoms with Gasteiger partial charge in [0.05, 0.1) is 3.81 Å². The Labute approximate surface area is 139 Å². The van der Waals surface area contributed by atoms with Crippen molar-refractivity contribution in [3.8, 4) is 0 Å². The highest BCUT2D eigenvalue weighted by Gasteiger charge is 2.25. The molecule has 0 radical (unpaired) electrons. The average molecular weight is 378 g/mol. The van der Waals surface area contributed by atoms with Crippen molar-refractivity contribution in [2.45, 2.75) is 26.4 Å². The first-order valence-corrected chi connectivity index (χ1v) is 8.45. The fourth-order valence-corrected chi connectivity index (χ4v) is 3.15. The summed E-state index contributed by atoms with van der Waals surface area (Å²) >= 11 is 4.87. The Morgan fingerprint density at radius 1 is 1.38 bits per heavy atom. The van der Waals surface area contributed by atoms with Crippen LogP contribution < -0.4 is 5.73 Å². The number of carbonyl (C=O) groups is 1. The van der Waals surface area contributed by atoms with Gasteiger partial charge in [0.25, 0.3) is 0 Å². The summed E-state index contributed by atoms with van der Waals surface area (Å²) in [5.74, 6) is 0. The summed E-state index contributed by atoms with van der Waals surface area (Å²) in [6.45, 7) is 13.5. The molecule has 21 heavy (non-hydrogen) atoms. The third kappa shape index (κ3) is 7.24. The highest BCUT2D eigenvalue weighted by atomic mass is 79.9. The molecule has 1 amide bonds. The first-order chi connectivity index (χ1) is 9.71. The maximum absolute atomic E-state index is 12.0. The minimum atomic E-state index is -0.444. The highest BCUT2D eigenvalue weighted by molar-refractivity contribution is 9.14. The number of ether oxygens (including phenoxy) is 1. The van der Waals surface area contributed by atoms with E-state index < -0.39 is 5.60 Å². The van der Waals surface area contributed by atoms with E-state index in [0.717, 1.165) is 28.4 Å². The van der Waals surface area contributed by atoms with Gasteiger partial charge in [-0.05, 0) is 41.6 Å². The molecular formula is C14H24BrN3O2S. The molecular weight excluding hydrogens is 354 g/mol. The van der Waals surface area contributed by atoms with Crippen LogP contribution in [-0.2, 0) is 4.74 Å². The van der Waals surface area contributed by atoms with E-state index in [-0.39, 0.29) is 6.09 Å². The molecule has 0 aromatic rings. The number of carbonyl (C=O) groups excluding carboxylic acids is 1. The zero-order valence-corrected chi connectivity index (χ0v) is 15.3. The van der Waals surface area contributed by atoms with Crippen LogP contribution in [0.5, 0.6) is 0 Å². The van der Waals surface area contributed by atoms with E-state index in [9.17, 15) is 4.79 Å². The molecule has 5 nitrogen and oxygen atoms in total. The van der Waals surface area contributed by atoms with Gasteiger partial charge in [0.2, 0.25) is 0 Å². The number of piperazine rings is 1. The van der Waals surface area contributed by atoms with Crippen molar-refractivity contribution in [2.24, 2.45) is 5.73 Å². The Morgan fingerprint density at radius 3 is 2.43 bits per heavy atom. The molecule has 0 saturated carbocycles. The van der Waals surface area contributed by atoms with Crippen molar-refractivity contribution < 1.29 is 9.53 Å². The van der Waals surface area contributed by atoms with Crippen molar-refractivity contribution in [2.75, 3.05) is 32.7 Å². The normalized spacial score (nSPS) is 17.7. The van der Waals surface area contributed by atoms with E-state index in [1.54, 1.807) is 4.90 Å². The molecule has 2 N–H and O–H groups in total. The Bertz CT molecular complexity index is 413. The van der Waals surface area contributed by atoms with E-state index in [2.05, 4.69) is 27.4 Å². The zero-order chi connectivity index (χ0) is 16.0. The van der Waals surface area contributed by atoms with E-state index in [0.29, 0.717) is 13.1 Å². The fourth-order valence-electron chi connectivity index (χ4n) is 1.87. The SMILES string of the molecule is C=C(CN1CCN(C(=O)OC(C)(C)C)CC1)S/C(Br)=C\N. The van der Waals surface area contributed by atoms with Gasteiger partial charge in [0.15, 0.2) is 0 Å². The lowest BCUT2D eigenvalue weighted by atomic mass is 10.2. The van der Waals surface area contributed by atoms with Crippen molar-refractivity contribution in [1.29, 1.82) is 0 Å². The quantitative estimate of drug-likeness (QED) is 0.815. The lowest BCUT2D eigenvalue weighted by Gasteiger charge is -2.35. The van der Waals surface area contributed by atoms with Crippen LogP contribution in [0.25, 0.3) is 0 Å². The van der Waals surface area contributed by atoms with Crippen molar-refractivity contribution in [3.63, 3.8) is 0 Å². The van der Waals surface area contributed by atoms with E-state index >= 15 is 0 Å². The number of rotatable bonds is 4. The van der Waals surface area contributed by atoms with Gasteiger partial charge in [-0.1, -0.05) is 18.3 Å². The summed E-state index contributed by atoms with van der Waals surface area (Å²) in [6, 6.07) is 0. The maximum atomic E-state index is 12.0. The number of nitrogens with zero attached hydrogens (tertiary/aromatic N) is 2. The first-order valence-electron chi connectivity index (χ1n) is 6.84. The predicted molar refractivity (Wildman–Crippen MR) is 92.2 cm³/mol. The summed E-state index contributed by atoms with van der Waals surface area (Å²) < 4.78 is 6.24. The van der Waals surface area contributed by atoms with Crippen LogP contribution in [0.15, 0.2) is 21.5 Å². The lowest BCUT2D eigenvalue weighted by molar-refractivity contribution is 0.0153. The number of thioether (sulfide) groups is 1. The zero-order valence-electron chi connectivity index (χ0n) is 12.9.